The summed E-state index contributed by atoms with van der Waals surface area (Å²) in [5.74, 6) is -0.408. The lowest BCUT2D eigenvalue weighted by atomic mass is 10.0. The molecule has 15 heavy (non-hydrogen) atoms. The highest BCUT2D eigenvalue weighted by molar-refractivity contribution is 5.45. The molecule has 0 radical (unpaired) electrons. The van der Waals surface area contributed by atoms with E-state index in [-0.39, 0.29) is 11.7 Å². The highest BCUT2D eigenvalue weighted by Gasteiger charge is 2.12. The molecule has 0 spiro atoms. The van der Waals surface area contributed by atoms with Crippen LogP contribution in [0.15, 0.2) is 18.2 Å². The van der Waals surface area contributed by atoms with Gasteiger partial charge in [-0.1, -0.05) is 20.3 Å². The van der Waals surface area contributed by atoms with E-state index >= 15 is 0 Å². The van der Waals surface area contributed by atoms with Crippen molar-refractivity contribution in [2.75, 3.05) is 5.32 Å². The molecule has 1 rings (SSSR count). The number of hydrogen-bond acceptors (Lipinski definition) is 1. The largest absolute Gasteiger partial charge is 0.380 e. The zero-order valence-electron chi connectivity index (χ0n) is 9.35. The van der Waals surface area contributed by atoms with Crippen molar-refractivity contribution in [3.63, 3.8) is 0 Å². The summed E-state index contributed by atoms with van der Waals surface area (Å²) in [6.45, 7) is 6.12. The lowest BCUT2D eigenvalue weighted by Gasteiger charge is -2.21. The van der Waals surface area contributed by atoms with Crippen molar-refractivity contribution in [3.05, 3.63) is 29.8 Å². The van der Waals surface area contributed by atoms with Gasteiger partial charge in [0.2, 0.25) is 0 Å². The molecule has 0 saturated carbocycles. The van der Waals surface area contributed by atoms with Crippen LogP contribution in [0.3, 0.4) is 0 Å². The van der Waals surface area contributed by atoms with Gasteiger partial charge in [0, 0.05) is 6.04 Å². The Labute approximate surface area is 89.5 Å². The number of anilines is 1. The first-order valence-corrected chi connectivity index (χ1v) is 5.26. The number of halogens is 2. The van der Waals surface area contributed by atoms with Crippen LogP contribution in [-0.4, -0.2) is 6.04 Å². The molecule has 1 nitrogen and oxygen atoms in total. The minimum Gasteiger partial charge on any atom is -0.380 e. The molecule has 0 heterocycles. The zero-order chi connectivity index (χ0) is 11.4. The molecule has 0 aliphatic heterocycles. The molecule has 0 bridgehead atoms. The molecule has 0 saturated heterocycles. The first kappa shape index (κ1) is 12.0. The Balaban J connectivity index is 2.75. The van der Waals surface area contributed by atoms with Crippen molar-refractivity contribution in [2.45, 2.75) is 33.2 Å². The highest BCUT2D eigenvalue weighted by Crippen LogP contribution is 2.19. The third-order valence-corrected chi connectivity index (χ3v) is 2.81. The third-order valence-electron chi connectivity index (χ3n) is 2.81. The van der Waals surface area contributed by atoms with Crippen LogP contribution in [0.2, 0.25) is 0 Å². The number of benzene rings is 1. The van der Waals surface area contributed by atoms with Gasteiger partial charge in [0.25, 0.3) is 0 Å². The van der Waals surface area contributed by atoms with Gasteiger partial charge in [-0.2, -0.15) is 0 Å². The normalized spacial score (nSPS) is 14.7. The monoisotopic (exact) mass is 213 g/mol. The minimum absolute atomic E-state index is 0.131. The van der Waals surface area contributed by atoms with Gasteiger partial charge in [-0.05, 0) is 31.0 Å². The Bertz CT molecular complexity index is 325. The van der Waals surface area contributed by atoms with Crippen LogP contribution < -0.4 is 5.32 Å². The molecule has 0 aromatic heterocycles. The van der Waals surface area contributed by atoms with E-state index < -0.39 is 11.6 Å². The van der Waals surface area contributed by atoms with E-state index in [0.29, 0.717) is 5.92 Å². The van der Waals surface area contributed by atoms with Gasteiger partial charge in [0.15, 0.2) is 0 Å². The predicted molar refractivity (Wildman–Crippen MR) is 58.9 cm³/mol. The van der Waals surface area contributed by atoms with E-state index in [1.165, 1.54) is 6.07 Å². The van der Waals surface area contributed by atoms with Gasteiger partial charge in [0.1, 0.15) is 11.6 Å². The molecule has 1 aromatic rings. The molecule has 0 aliphatic rings. The van der Waals surface area contributed by atoms with Gasteiger partial charge in [-0.25, -0.2) is 8.78 Å². The van der Waals surface area contributed by atoms with Gasteiger partial charge in [0.05, 0.1) is 5.69 Å². The predicted octanol–water partition coefficient (Wildman–Crippen LogP) is 3.81. The van der Waals surface area contributed by atoms with Crippen molar-refractivity contribution in [3.8, 4) is 0 Å². The Morgan fingerprint density at radius 3 is 2.53 bits per heavy atom. The van der Waals surface area contributed by atoms with Crippen LogP contribution in [0.4, 0.5) is 14.5 Å². The molecule has 84 valence electrons. The molecule has 0 amide bonds. The maximum atomic E-state index is 13.3. The summed E-state index contributed by atoms with van der Waals surface area (Å²) in [6.07, 6.45) is 1.01. The quantitative estimate of drug-likeness (QED) is 0.801. The van der Waals surface area contributed by atoms with E-state index in [2.05, 4.69) is 19.2 Å². The van der Waals surface area contributed by atoms with Crippen LogP contribution in [0.5, 0.6) is 0 Å². The second-order valence-electron chi connectivity index (χ2n) is 3.94. The SMILES string of the molecule is CCC(C)C(C)Nc1cc(F)ccc1F. The zero-order valence-corrected chi connectivity index (χ0v) is 9.35. The molecule has 3 heteroatoms. The molecular formula is C12H17F2N. The maximum absolute atomic E-state index is 13.3. The summed E-state index contributed by atoms with van der Waals surface area (Å²) in [5, 5.41) is 2.99. The second-order valence-corrected chi connectivity index (χ2v) is 3.94. The molecule has 1 aromatic carbocycles. The van der Waals surface area contributed by atoms with Gasteiger partial charge in [-0.15, -0.1) is 0 Å². The van der Waals surface area contributed by atoms with E-state index in [1.54, 1.807) is 0 Å². The summed E-state index contributed by atoms with van der Waals surface area (Å²) in [4.78, 5) is 0. The lowest BCUT2D eigenvalue weighted by molar-refractivity contribution is 0.491. The first-order valence-electron chi connectivity index (χ1n) is 5.26. The van der Waals surface area contributed by atoms with Crippen molar-refractivity contribution in [2.24, 2.45) is 5.92 Å². The fourth-order valence-corrected chi connectivity index (χ4v) is 1.35. The second kappa shape index (κ2) is 5.10. The molecule has 1 N–H and O–H groups in total. The molecule has 0 aliphatic carbocycles. The van der Waals surface area contributed by atoms with E-state index in [0.717, 1.165) is 18.6 Å². The van der Waals surface area contributed by atoms with Crippen LogP contribution in [-0.2, 0) is 0 Å². The minimum atomic E-state index is -0.421. The summed E-state index contributed by atoms with van der Waals surface area (Å²) in [7, 11) is 0. The van der Waals surface area contributed by atoms with Crippen molar-refractivity contribution in [1.29, 1.82) is 0 Å². The maximum Gasteiger partial charge on any atom is 0.146 e. The Kier molecular flexibility index (Phi) is 4.06. The van der Waals surface area contributed by atoms with Crippen molar-refractivity contribution >= 4 is 5.69 Å². The smallest absolute Gasteiger partial charge is 0.146 e. The molecule has 2 atom stereocenters. The summed E-state index contributed by atoms with van der Waals surface area (Å²) in [6, 6.07) is 3.58. The Hall–Kier alpha value is -1.12. The van der Waals surface area contributed by atoms with E-state index in [4.69, 9.17) is 0 Å². The summed E-state index contributed by atoms with van der Waals surface area (Å²) < 4.78 is 26.1. The number of hydrogen-bond donors (Lipinski definition) is 1. The average molecular weight is 213 g/mol. The molecule has 0 fully saturated rings. The van der Waals surface area contributed by atoms with Crippen molar-refractivity contribution < 1.29 is 8.78 Å². The number of rotatable bonds is 4. The highest BCUT2D eigenvalue weighted by atomic mass is 19.1. The topological polar surface area (TPSA) is 12.0 Å². The summed E-state index contributed by atoms with van der Waals surface area (Å²) in [5.41, 5.74) is 0.239. The fraction of sp³-hybridized carbons (Fsp3) is 0.500. The van der Waals surface area contributed by atoms with Gasteiger partial charge < -0.3 is 5.32 Å². The first-order chi connectivity index (χ1) is 7.04. The van der Waals surface area contributed by atoms with Gasteiger partial charge >= 0.3 is 0 Å². The van der Waals surface area contributed by atoms with E-state index in [9.17, 15) is 8.78 Å². The fourth-order valence-electron chi connectivity index (χ4n) is 1.35. The van der Waals surface area contributed by atoms with E-state index in [1.807, 2.05) is 6.92 Å². The van der Waals surface area contributed by atoms with Crippen LogP contribution in [0.1, 0.15) is 27.2 Å². The van der Waals surface area contributed by atoms with Crippen LogP contribution in [0, 0.1) is 17.6 Å². The van der Waals surface area contributed by atoms with Gasteiger partial charge in [-0.3, -0.25) is 0 Å². The standard InChI is InChI=1S/C12H17F2N/c1-4-8(2)9(3)15-12-7-10(13)5-6-11(12)14/h5-9,15H,4H2,1-3H3. The number of nitrogens with one attached hydrogen (secondary N) is 1. The Morgan fingerprint density at radius 2 is 1.93 bits per heavy atom. The molecule has 2 unspecified atom stereocenters. The van der Waals surface area contributed by atoms with Crippen molar-refractivity contribution in [1.82, 2.24) is 0 Å². The average Bonchev–Trinajstić information content (AvgIpc) is 2.22. The third kappa shape index (κ3) is 3.18. The summed E-state index contributed by atoms with van der Waals surface area (Å²) >= 11 is 0. The Morgan fingerprint density at radius 1 is 1.27 bits per heavy atom. The molecular weight excluding hydrogens is 196 g/mol. The lowest BCUT2D eigenvalue weighted by Crippen LogP contribution is -2.23. The van der Waals surface area contributed by atoms with Crippen LogP contribution in [0.25, 0.3) is 0 Å². The van der Waals surface area contributed by atoms with Crippen LogP contribution >= 0.6 is 0 Å².